The molecule has 0 aliphatic carbocycles. The number of nitrogens with one attached hydrogen (secondary N) is 1. The smallest absolute Gasteiger partial charge is 0.251 e. The maximum absolute atomic E-state index is 12.1. The van der Waals surface area contributed by atoms with E-state index in [2.05, 4.69) is 5.32 Å². The van der Waals surface area contributed by atoms with E-state index in [1.165, 1.54) is 0 Å². The maximum atomic E-state index is 12.1. The fourth-order valence-corrected chi connectivity index (χ4v) is 1.86. The van der Waals surface area contributed by atoms with E-state index >= 15 is 0 Å². The quantitative estimate of drug-likeness (QED) is 0.889. The van der Waals surface area contributed by atoms with Gasteiger partial charge < -0.3 is 10.4 Å². The number of hydrogen-bond acceptors (Lipinski definition) is 3. The van der Waals surface area contributed by atoms with Crippen LogP contribution in [0.5, 0.6) is 0 Å². The second kappa shape index (κ2) is 6.50. The van der Waals surface area contributed by atoms with Crippen molar-refractivity contribution in [1.29, 1.82) is 5.26 Å². The van der Waals surface area contributed by atoms with Gasteiger partial charge in [-0.3, -0.25) is 4.79 Å². The van der Waals surface area contributed by atoms with Gasteiger partial charge in [0.1, 0.15) is 0 Å². The molecule has 4 nitrogen and oxygen atoms in total. The molecule has 2 aromatic carbocycles. The van der Waals surface area contributed by atoms with E-state index in [1.54, 1.807) is 24.3 Å². The lowest BCUT2D eigenvalue weighted by Gasteiger charge is -2.16. The van der Waals surface area contributed by atoms with Crippen LogP contribution in [-0.2, 0) is 0 Å². The molecule has 0 saturated heterocycles. The Morgan fingerprint density at radius 3 is 2.35 bits per heavy atom. The molecule has 1 amide bonds. The zero-order valence-electron chi connectivity index (χ0n) is 10.8. The largest absolute Gasteiger partial charge is 0.394 e. The Morgan fingerprint density at radius 2 is 1.80 bits per heavy atom. The molecule has 0 bridgehead atoms. The highest BCUT2D eigenvalue weighted by Crippen LogP contribution is 2.13. The van der Waals surface area contributed by atoms with Crippen LogP contribution in [0, 0.1) is 11.3 Å². The second-order valence-corrected chi connectivity index (χ2v) is 4.31. The fraction of sp³-hybridized carbons (Fsp3) is 0.125. The van der Waals surface area contributed by atoms with E-state index in [0.717, 1.165) is 5.56 Å². The van der Waals surface area contributed by atoms with Crippen LogP contribution in [0.25, 0.3) is 0 Å². The average Bonchev–Trinajstić information content (AvgIpc) is 2.53. The number of carbonyl (C=O) groups is 1. The van der Waals surface area contributed by atoms with Crippen molar-refractivity contribution in [3.8, 4) is 6.07 Å². The van der Waals surface area contributed by atoms with Crippen molar-refractivity contribution in [2.24, 2.45) is 0 Å². The molecule has 0 aromatic heterocycles. The first-order valence-corrected chi connectivity index (χ1v) is 6.21. The van der Waals surface area contributed by atoms with Crippen LogP contribution in [0.15, 0.2) is 54.6 Å². The third kappa shape index (κ3) is 3.22. The predicted octanol–water partition coefficient (Wildman–Crippen LogP) is 2.02. The summed E-state index contributed by atoms with van der Waals surface area (Å²) in [6.07, 6.45) is 0. The standard InChI is InChI=1S/C16H14N2O2/c17-10-12-6-8-14(9-7-12)16(20)18-15(11-19)13-4-2-1-3-5-13/h1-9,15,19H,11H2,(H,18,20). The van der Waals surface area contributed by atoms with Gasteiger partial charge in [-0.05, 0) is 29.8 Å². The summed E-state index contributed by atoms with van der Waals surface area (Å²) in [5, 5.41) is 20.9. The molecule has 0 aliphatic heterocycles. The Hall–Kier alpha value is -2.64. The summed E-state index contributed by atoms with van der Waals surface area (Å²) in [4.78, 5) is 12.1. The molecule has 0 radical (unpaired) electrons. The van der Waals surface area contributed by atoms with Crippen molar-refractivity contribution in [2.45, 2.75) is 6.04 Å². The van der Waals surface area contributed by atoms with Gasteiger partial charge >= 0.3 is 0 Å². The first-order chi connectivity index (χ1) is 9.74. The number of nitriles is 1. The minimum Gasteiger partial charge on any atom is -0.394 e. The fourth-order valence-electron chi connectivity index (χ4n) is 1.86. The van der Waals surface area contributed by atoms with Crippen molar-refractivity contribution in [2.75, 3.05) is 6.61 Å². The molecule has 2 N–H and O–H groups in total. The monoisotopic (exact) mass is 266 g/mol. The normalized spacial score (nSPS) is 11.4. The first-order valence-electron chi connectivity index (χ1n) is 6.21. The van der Waals surface area contributed by atoms with Crippen LogP contribution < -0.4 is 5.32 Å². The number of aliphatic hydroxyl groups excluding tert-OH is 1. The van der Waals surface area contributed by atoms with E-state index in [9.17, 15) is 9.90 Å². The van der Waals surface area contributed by atoms with E-state index in [4.69, 9.17) is 5.26 Å². The highest BCUT2D eigenvalue weighted by Gasteiger charge is 2.14. The van der Waals surface area contributed by atoms with Gasteiger partial charge in [-0.25, -0.2) is 0 Å². The van der Waals surface area contributed by atoms with Crippen LogP contribution in [0.1, 0.15) is 27.5 Å². The molecule has 2 aromatic rings. The Morgan fingerprint density at radius 1 is 1.15 bits per heavy atom. The minimum atomic E-state index is -0.445. The van der Waals surface area contributed by atoms with Gasteiger partial charge in [0.05, 0.1) is 24.3 Å². The van der Waals surface area contributed by atoms with Gasteiger partial charge in [0.15, 0.2) is 0 Å². The Kier molecular flexibility index (Phi) is 4.48. The molecule has 0 fully saturated rings. The molecular formula is C16H14N2O2. The van der Waals surface area contributed by atoms with Gasteiger partial charge in [-0.15, -0.1) is 0 Å². The van der Waals surface area contributed by atoms with E-state index in [1.807, 2.05) is 36.4 Å². The third-order valence-electron chi connectivity index (χ3n) is 2.97. The lowest BCUT2D eigenvalue weighted by atomic mass is 10.1. The van der Waals surface area contributed by atoms with E-state index < -0.39 is 6.04 Å². The van der Waals surface area contributed by atoms with Gasteiger partial charge in [0.2, 0.25) is 0 Å². The Labute approximate surface area is 117 Å². The molecule has 0 spiro atoms. The number of benzene rings is 2. The number of nitrogens with zero attached hydrogens (tertiary/aromatic N) is 1. The lowest BCUT2D eigenvalue weighted by Crippen LogP contribution is -2.30. The van der Waals surface area contributed by atoms with Gasteiger partial charge in [0.25, 0.3) is 5.91 Å². The molecule has 0 aliphatic rings. The Balaban J connectivity index is 2.11. The third-order valence-corrected chi connectivity index (χ3v) is 2.97. The van der Waals surface area contributed by atoms with Crippen molar-refractivity contribution in [1.82, 2.24) is 5.32 Å². The first kappa shape index (κ1) is 13.8. The molecular weight excluding hydrogens is 252 g/mol. The summed E-state index contributed by atoms with van der Waals surface area (Å²) in [6.45, 7) is -0.175. The molecule has 100 valence electrons. The zero-order chi connectivity index (χ0) is 14.4. The highest BCUT2D eigenvalue weighted by atomic mass is 16.3. The van der Waals surface area contributed by atoms with E-state index in [-0.39, 0.29) is 12.5 Å². The highest BCUT2D eigenvalue weighted by molar-refractivity contribution is 5.94. The summed E-state index contributed by atoms with van der Waals surface area (Å²) in [6, 6.07) is 17.2. The van der Waals surface area contributed by atoms with Gasteiger partial charge in [-0.1, -0.05) is 30.3 Å². The van der Waals surface area contributed by atoms with Crippen LogP contribution >= 0.6 is 0 Å². The maximum Gasteiger partial charge on any atom is 0.251 e. The summed E-state index contributed by atoms with van der Waals surface area (Å²) in [5.74, 6) is -0.280. The predicted molar refractivity (Wildman–Crippen MR) is 74.9 cm³/mol. The van der Waals surface area contributed by atoms with E-state index in [0.29, 0.717) is 11.1 Å². The van der Waals surface area contributed by atoms with Gasteiger partial charge in [-0.2, -0.15) is 5.26 Å². The van der Waals surface area contributed by atoms with Crippen LogP contribution in [-0.4, -0.2) is 17.6 Å². The Bertz CT molecular complexity index is 615. The van der Waals surface area contributed by atoms with Crippen molar-refractivity contribution in [3.05, 3.63) is 71.3 Å². The minimum absolute atomic E-state index is 0.175. The summed E-state index contributed by atoms with van der Waals surface area (Å²) in [5.41, 5.74) is 1.80. The lowest BCUT2D eigenvalue weighted by molar-refractivity contribution is 0.0916. The average molecular weight is 266 g/mol. The number of aliphatic hydroxyl groups is 1. The zero-order valence-corrected chi connectivity index (χ0v) is 10.8. The van der Waals surface area contributed by atoms with Crippen molar-refractivity contribution in [3.63, 3.8) is 0 Å². The SMILES string of the molecule is N#Cc1ccc(C(=O)NC(CO)c2ccccc2)cc1. The molecule has 1 unspecified atom stereocenters. The second-order valence-electron chi connectivity index (χ2n) is 4.31. The van der Waals surface area contributed by atoms with Crippen molar-refractivity contribution < 1.29 is 9.90 Å². The molecule has 1 atom stereocenters. The molecule has 2 rings (SSSR count). The summed E-state index contributed by atoms with van der Waals surface area (Å²) in [7, 11) is 0. The number of hydrogen-bond donors (Lipinski definition) is 2. The number of amides is 1. The molecule has 0 saturated carbocycles. The van der Waals surface area contributed by atoms with Crippen LogP contribution in [0.3, 0.4) is 0 Å². The molecule has 20 heavy (non-hydrogen) atoms. The van der Waals surface area contributed by atoms with Crippen LogP contribution in [0.4, 0.5) is 0 Å². The number of rotatable bonds is 4. The summed E-state index contributed by atoms with van der Waals surface area (Å²) >= 11 is 0. The van der Waals surface area contributed by atoms with Gasteiger partial charge in [0, 0.05) is 5.56 Å². The molecule has 0 heterocycles. The molecule has 4 heteroatoms. The van der Waals surface area contributed by atoms with Crippen LogP contribution in [0.2, 0.25) is 0 Å². The summed E-state index contributed by atoms with van der Waals surface area (Å²) < 4.78 is 0. The topological polar surface area (TPSA) is 73.1 Å². The number of carbonyl (C=O) groups excluding carboxylic acids is 1. The van der Waals surface area contributed by atoms with Crippen molar-refractivity contribution >= 4 is 5.91 Å².